The molecule has 98 valence electrons. The zero-order valence-electron chi connectivity index (χ0n) is 10.6. The molecule has 5 nitrogen and oxygen atoms in total. The lowest BCUT2D eigenvalue weighted by Crippen LogP contribution is -2.24. The van der Waals surface area contributed by atoms with Crippen LogP contribution in [0.4, 0.5) is 11.4 Å². The molecule has 0 aromatic heterocycles. The third kappa shape index (κ3) is 3.31. The Hall–Kier alpha value is -1.87. The monoisotopic (exact) mass is 268 g/mol. The molecule has 0 spiro atoms. The van der Waals surface area contributed by atoms with Crippen molar-refractivity contribution in [3.63, 3.8) is 0 Å². The van der Waals surface area contributed by atoms with E-state index in [0.717, 1.165) is 11.9 Å². The van der Waals surface area contributed by atoms with E-state index in [2.05, 4.69) is 11.2 Å². The van der Waals surface area contributed by atoms with E-state index in [-0.39, 0.29) is 0 Å². The summed E-state index contributed by atoms with van der Waals surface area (Å²) < 4.78 is 29.2. The number of hydrogen-bond donors (Lipinski definition) is 1. The molecule has 0 aliphatic rings. The first-order chi connectivity index (χ1) is 8.40. The Labute approximate surface area is 108 Å². The predicted molar refractivity (Wildman–Crippen MR) is 73.6 cm³/mol. The summed E-state index contributed by atoms with van der Waals surface area (Å²) in [7, 11) is -0.286. The molecule has 1 rings (SSSR count). The Bertz CT molecular complexity index is 561. The molecule has 0 unspecified atom stereocenters. The van der Waals surface area contributed by atoms with Crippen molar-refractivity contribution < 1.29 is 13.2 Å². The molecule has 0 bridgehead atoms. The van der Waals surface area contributed by atoms with Crippen molar-refractivity contribution in [1.82, 2.24) is 0 Å². The van der Waals surface area contributed by atoms with Gasteiger partial charge in [-0.25, -0.2) is 8.42 Å². The average Bonchev–Trinajstić information content (AvgIpc) is 2.34. The van der Waals surface area contributed by atoms with Gasteiger partial charge in [0.25, 0.3) is 0 Å². The van der Waals surface area contributed by atoms with Gasteiger partial charge in [-0.3, -0.25) is 4.31 Å². The minimum Gasteiger partial charge on any atom is -0.495 e. The number of rotatable bonds is 5. The lowest BCUT2D eigenvalue weighted by molar-refractivity contribution is 0.416. The van der Waals surface area contributed by atoms with E-state index in [1.165, 1.54) is 18.5 Å². The highest BCUT2D eigenvalue weighted by Gasteiger charge is 2.14. The van der Waals surface area contributed by atoms with Crippen LogP contribution in [0.5, 0.6) is 5.75 Å². The molecule has 0 atom stereocenters. The fourth-order valence-electron chi connectivity index (χ4n) is 1.36. The van der Waals surface area contributed by atoms with Crippen LogP contribution in [0.3, 0.4) is 0 Å². The van der Waals surface area contributed by atoms with Gasteiger partial charge in [-0.1, -0.05) is 5.92 Å². The Morgan fingerprint density at radius 3 is 2.67 bits per heavy atom. The summed E-state index contributed by atoms with van der Waals surface area (Å²) in [5.41, 5.74) is 1.25. The maximum Gasteiger partial charge on any atom is 0.231 e. The van der Waals surface area contributed by atoms with E-state index < -0.39 is 10.0 Å². The topological polar surface area (TPSA) is 58.6 Å². The summed E-state index contributed by atoms with van der Waals surface area (Å²) in [6.07, 6.45) is 6.31. The largest absolute Gasteiger partial charge is 0.495 e. The van der Waals surface area contributed by atoms with Crippen LogP contribution in [-0.2, 0) is 10.0 Å². The van der Waals surface area contributed by atoms with E-state index in [4.69, 9.17) is 11.2 Å². The SMILES string of the molecule is C#CCNc1ccc(N(C)S(C)(=O)=O)cc1OC. The van der Waals surface area contributed by atoms with Crippen molar-refractivity contribution in [2.45, 2.75) is 0 Å². The van der Waals surface area contributed by atoms with Crippen molar-refractivity contribution in [3.8, 4) is 18.1 Å². The van der Waals surface area contributed by atoms with Crippen LogP contribution in [0.25, 0.3) is 0 Å². The maximum atomic E-state index is 11.4. The number of benzene rings is 1. The summed E-state index contributed by atoms with van der Waals surface area (Å²) >= 11 is 0. The molecule has 0 amide bonds. The standard InChI is InChI=1S/C12H16N2O3S/c1-5-8-13-11-7-6-10(9-12(11)17-3)14(2)18(4,15)16/h1,6-7,9,13H,8H2,2-4H3. The van der Waals surface area contributed by atoms with Crippen molar-refractivity contribution >= 4 is 21.4 Å². The molecule has 1 aromatic rings. The van der Waals surface area contributed by atoms with Crippen molar-refractivity contribution in [3.05, 3.63) is 18.2 Å². The minimum atomic E-state index is -3.29. The lowest BCUT2D eigenvalue weighted by atomic mass is 10.2. The third-order valence-corrected chi connectivity index (χ3v) is 3.63. The zero-order chi connectivity index (χ0) is 13.8. The first kappa shape index (κ1) is 14.2. The van der Waals surface area contributed by atoms with Crippen molar-refractivity contribution in [2.75, 3.05) is 36.6 Å². The summed E-state index contributed by atoms with van der Waals surface area (Å²) in [6.45, 7) is 0.373. The van der Waals surface area contributed by atoms with Crippen molar-refractivity contribution in [1.29, 1.82) is 0 Å². The molecule has 0 aliphatic carbocycles. The van der Waals surface area contributed by atoms with Gasteiger partial charge in [-0.05, 0) is 12.1 Å². The number of hydrogen-bond acceptors (Lipinski definition) is 4. The van der Waals surface area contributed by atoms with Crippen LogP contribution in [0.2, 0.25) is 0 Å². The fourth-order valence-corrected chi connectivity index (χ4v) is 1.86. The van der Waals surface area contributed by atoms with Gasteiger partial charge in [0, 0.05) is 13.1 Å². The normalized spacial score (nSPS) is 10.6. The van der Waals surface area contributed by atoms with Crippen LogP contribution in [-0.4, -0.2) is 35.4 Å². The molecule has 6 heteroatoms. The molecule has 0 saturated heterocycles. The highest BCUT2D eigenvalue weighted by atomic mass is 32.2. The first-order valence-electron chi connectivity index (χ1n) is 5.19. The maximum absolute atomic E-state index is 11.4. The molecule has 1 N–H and O–H groups in total. The summed E-state index contributed by atoms with van der Waals surface area (Å²) in [5, 5.41) is 2.99. The lowest BCUT2D eigenvalue weighted by Gasteiger charge is -2.18. The average molecular weight is 268 g/mol. The predicted octanol–water partition coefficient (Wildman–Crippen LogP) is 1.14. The number of anilines is 2. The second-order valence-corrected chi connectivity index (χ2v) is 5.69. The Balaban J connectivity index is 3.10. The second-order valence-electron chi connectivity index (χ2n) is 3.67. The van der Waals surface area contributed by atoms with E-state index in [0.29, 0.717) is 18.0 Å². The molecule has 1 aromatic carbocycles. The molecular formula is C12H16N2O3S. The Kier molecular flexibility index (Phi) is 4.45. The Morgan fingerprint density at radius 2 is 2.17 bits per heavy atom. The van der Waals surface area contributed by atoms with Gasteiger partial charge in [-0.2, -0.15) is 0 Å². The highest BCUT2D eigenvalue weighted by Crippen LogP contribution is 2.29. The van der Waals surface area contributed by atoms with E-state index >= 15 is 0 Å². The molecular weight excluding hydrogens is 252 g/mol. The summed E-state index contributed by atoms with van der Waals surface area (Å²) in [4.78, 5) is 0. The molecule has 0 radical (unpaired) electrons. The number of methoxy groups -OCH3 is 1. The zero-order valence-corrected chi connectivity index (χ0v) is 11.4. The smallest absolute Gasteiger partial charge is 0.231 e. The van der Waals surface area contributed by atoms with E-state index in [9.17, 15) is 8.42 Å². The van der Waals surface area contributed by atoms with Gasteiger partial charge in [0.2, 0.25) is 10.0 Å². The second kappa shape index (κ2) is 5.65. The van der Waals surface area contributed by atoms with Gasteiger partial charge < -0.3 is 10.1 Å². The summed E-state index contributed by atoms with van der Waals surface area (Å²) in [5.74, 6) is 3.00. The molecule has 0 aliphatic heterocycles. The van der Waals surface area contributed by atoms with Gasteiger partial charge in [0.1, 0.15) is 5.75 Å². The minimum absolute atomic E-state index is 0.373. The van der Waals surface area contributed by atoms with Crippen LogP contribution < -0.4 is 14.4 Å². The van der Waals surface area contributed by atoms with Gasteiger partial charge >= 0.3 is 0 Å². The molecule has 0 saturated carbocycles. The third-order valence-electron chi connectivity index (χ3n) is 2.43. The summed E-state index contributed by atoms with van der Waals surface area (Å²) in [6, 6.07) is 5.05. The fraction of sp³-hybridized carbons (Fsp3) is 0.333. The van der Waals surface area contributed by atoms with Crippen LogP contribution in [0, 0.1) is 12.3 Å². The van der Waals surface area contributed by atoms with Crippen molar-refractivity contribution in [2.24, 2.45) is 0 Å². The van der Waals surface area contributed by atoms with Gasteiger partial charge in [0.15, 0.2) is 0 Å². The van der Waals surface area contributed by atoms with Crippen LogP contribution >= 0.6 is 0 Å². The quantitative estimate of drug-likeness (QED) is 0.814. The number of ether oxygens (including phenoxy) is 1. The van der Waals surface area contributed by atoms with E-state index in [1.54, 1.807) is 18.2 Å². The molecule has 0 heterocycles. The van der Waals surface area contributed by atoms with E-state index in [1.807, 2.05) is 0 Å². The molecule has 0 fully saturated rings. The number of terminal acetylenes is 1. The highest BCUT2D eigenvalue weighted by molar-refractivity contribution is 7.92. The molecule has 18 heavy (non-hydrogen) atoms. The van der Waals surface area contributed by atoms with Crippen LogP contribution in [0.1, 0.15) is 0 Å². The number of sulfonamides is 1. The Morgan fingerprint density at radius 1 is 1.50 bits per heavy atom. The number of nitrogens with one attached hydrogen (secondary N) is 1. The van der Waals surface area contributed by atoms with Gasteiger partial charge in [0.05, 0.1) is 31.3 Å². The number of nitrogens with zero attached hydrogens (tertiary/aromatic N) is 1. The first-order valence-corrected chi connectivity index (χ1v) is 7.04. The van der Waals surface area contributed by atoms with Gasteiger partial charge in [-0.15, -0.1) is 6.42 Å². The van der Waals surface area contributed by atoms with Crippen LogP contribution in [0.15, 0.2) is 18.2 Å².